The SMILES string of the molecule is Cc1ccn(-c2cc(Cl)ccc2[C@@H](Oc2cc(-c3ccc(C[C@H](N)C(=O)O)cc3)nc(N)n2)C(F)(F)F)n1.Cl. The Kier molecular flexibility index (Phi) is 9.05. The van der Waals surface area contributed by atoms with Gasteiger partial charge in [-0.05, 0) is 37.1 Å². The van der Waals surface area contributed by atoms with Crippen LogP contribution in [0.15, 0.2) is 60.8 Å². The summed E-state index contributed by atoms with van der Waals surface area (Å²) in [6.07, 6.45) is -5.65. The van der Waals surface area contributed by atoms with Crippen LogP contribution in [-0.2, 0) is 11.2 Å². The molecule has 39 heavy (non-hydrogen) atoms. The van der Waals surface area contributed by atoms with Crippen molar-refractivity contribution >= 4 is 35.9 Å². The van der Waals surface area contributed by atoms with E-state index in [-0.39, 0.29) is 46.7 Å². The molecule has 0 saturated heterocycles. The maximum Gasteiger partial charge on any atom is 0.429 e. The highest BCUT2D eigenvalue weighted by Gasteiger charge is 2.45. The van der Waals surface area contributed by atoms with Crippen molar-refractivity contribution in [3.8, 4) is 22.8 Å². The van der Waals surface area contributed by atoms with Crippen LogP contribution in [-0.4, -0.2) is 43.0 Å². The first kappa shape index (κ1) is 29.7. The Hall–Kier alpha value is -3.87. The van der Waals surface area contributed by atoms with E-state index in [1.807, 2.05) is 0 Å². The number of carboxylic acids is 1. The molecule has 0 spiro atoms. The van der Waals surface area contributed by atoms with E-state index in [0.29, 0.717) is 16.8 Å². The highest BCUT2D eigenvalue weighted by atomic mass is 35.5. The molecule has 14 heteroatoms. The summed E-state index contributed by atoms with van der Waals surface area (Å²) in [6, 6.07) is 12.2. The van der Waals surface area contributed by atoms with Gasteiger partial charge in [0.05, 0.1) is 17.1 Å². The quantitative estimate of drug-likeness (QED) is 0.265. The van der Waals surface area contributed by atoms with E-state index in [9.17, 15) is 18.0 Å². The third-order valence-electron chi connectivity index (χ3n) is 5.52. The smallest absolute Gasteiger partial charge is 0.429 e. The third-order valence-corrected chi connectivity index (χ3v) is 5.76. The van der Waals surface area contributed by atoms with Gasteiger partial charge in [0.2, 0.25) is 17.9 Å². The highest BCUT2D eigenvalue weighted by Crippen LogP contribution is 2.40. The first-order valence-electron chi connectivity index (χ1n) is 11.2. The number of hydrogen-bond acceptors (Lipinski definition) is 7. The summed E-state index contributed by atoms with van der Waals surface area (Å²) < 4.78 is 49.6. The molecule has 0 bridgehead atoms. The number of nitrogens with zero attached hydrogens (tertiary/aromatic N) is 4. The molecule has 5 N–H and O–H groups in total. The van der Waals surface area contributed by atoms with Crippen molar-refractivity contribution in [3.63, 3.8) is 0 Å². The number of alkyl halides is 3. The lowest BCUT2D eigenvalue weighted by Gasteiger charge is -2.24. The number of rotatable bonds is 8. The van der Waals surface area contributed by atoms with Crippen molar-refractivity contribution in [3.05, 3.63) is 82.6 Å². The second-order valence-electron chi connectivity index (χ2n) is 8.44. The molecule has 2 aromatic heterocycles. The molecule has 0 aliphatic rings. The van der Waals surface area contributed by atoms with Crippen LogP contribution in [0.2, 0.25) is 5.02 Å². The summed E-state index contributed by atoms with van der Waals surface area (Å²) in [6.45, 7) is 1.71. The zero-order valence-electron chi connectivity index (χ0n) is 20.3. The van der Waals surface area contributed by atoms with Crippen LogP contribution >= 0.6 is 24.0 Å². The first-order chi connectivity index (χ1) is 17.9. The molecule has 0 amide bonds. The molecule has 0 aliphatic carbocycles. The predicted molar refractivity (Wildman–Crippen MR) is 141 cm³/mol. The van der Waals surface area contributed by atoms with Crippen LogP contribution in [0, 0.1) is 6.92 Å². The molecule has 2 atom stereocenters. The van der Waals surface area contributed by atoms with Gasteiger partial charge in [-0.2, -0.15) is 23.3 Å². The van der Waals surface area contributed by atoms with Crippen molar-refractivity contribution in [1.29, 1.82) is 0 Å². The van der Waals surface area contributed by atoms with Crippen LogP contribution < -0.4 is 16.2 Å². The van der Waals surface area contributed by atoms with E-state index in [2.05, 4.69) is 15.1 Å². The summed E-state index contributed by atoms with van der Waals surface area (Å²) in [5.74, 6) is -1.83. The van der Waals surface area contributed by atoms with E-state index in [4.69, 9.17) is 32.9 Å². The summed E-state index contributed by atoms with van der Waals surface area (Å²) >= 11 is 6.08. The average molecular weight is 583 g/mol. The molecule has 0 saturated carbocycles. The lowest BCUT2D eigenvalue weighted by Crippen LogP contribution is -2.32. The van der Waals surface area contributed by atoms with Crippen LogP contribution in [0.5, 0.6) is 5.88 Å². The molecular formula is C25H23Cl2F3N6O3. The number of carbonyl (C=O) groups is 1. The molecule has 4 aromatic rings. The fourth-order valence-electron chi connectivity index (χ4n) is 3.72. The number of aromatic nitrogens is 4. The van der Waals surface area contributed by atoms with Gasteiger partial charge >= 0.3 is 12.1 Å². The highest BCUT2D eigenvalue weighted by molar-refractivity contribution is 6.30. The number of benzene rings is 2. The fourth-order valence-corrected chi connectivity index (χ4v) is 3.88. The van der Waals surface area contributed by atoms with Gasteiger partial charge in [-0.25, -0.2) is 9.67 Å². The van der Waals surface area contributed by atoms with E-state index >= 15 is 0 Å². The van der Waals surface area contributed by atoms with Crippen molar-refractivity contribution in [2.75, 3.05) is 5.73 Å². The first-order valence-corrected chi connectivity index (χ1v) is 11.6. The molecule has 0 radical (unpaired) electrons. The van der Waals surface area contributed by atoms with Crippen molar-refractivity contribution < 1.29 is 27.8 Å². The van der Waals surface area contributed by atoms with Gasteiger partial charge in [0.15, 0.2) is 0 Å². The van der Waals surface area contributed by atoms with Crippen LogP contribution in [0.25, 0.3) is 16.9 Å². The minimum atomic E-state index is -4.84. The molecule has 9 nitrogen and oxygen atoms in total. The molecule has 4 rings (SSSR count). The maximum absolute atomic E-state index is 14.3. The third kappa shape index (κ3) is 7.16. The van der Waals surface area contributed by atoms with E-state index in [1.165, 1.54) is 35.1 Å². The number of anilines is 1. The average Bonchev–Trinajstić information content (AvgIpc) is 3.28. The van der Waals surface area contributed by atoms with Crippen LogP contribution in [0.1, 0.15) is 22.9 Å². The van der Waals surface area contributed by atoms with E-state index < -0.39 is 30.2 Å². The molecular weight excluding hydrogens is 560 g/mol. The zero-order valence-corrected chi connectivity index (χ0v) is 21.8. The van der Waals surface area contributed by atoms with Gasteiger partial charge in [-0.15, -0.1) is 12.4 Å². The number of hydrogen-bond donors (Lipinski definition) is 3. The fraction of sp³-hybridized carbons (Fsp3) is 0.200. The van der Waals surface area contributed by atoms with E-state index in [0.717, 1.165) is 0 Å². The predicted octanol–water partition coefficient (Wildman–Crippen LogP) is 4.93. The zero-order chi connectivity index (χ0) is 27.6. The van der Waals surface area contributed by atoms with Gasteiger partial charge in [0.1, 0.15) is 6.04 Å². The Morgan fingerprint density at radius 1 is 1.13 bits per heavy atom. The minimum absolute atomic E-state index is 0. The van der Waals surface area contributed by atoms with Crippen LogP contribution in [0.4, 0.5) is 19.1 Å². The number of aliphatic carboxylic acids is 1. The van der Waals surface area contributed by atoms with E-state index in [1.54, 1.807) is 37.3 Å². The molecule has 0 fully saturated rings. The van der Waals surface area contributed by atoms with Gasteiger partial charge in [0, 0.05) is 28.4 Å². The summed E-state index contributed by atoms with van der Waals surface area (Å²) in [4.78, 5) is 18.9. The molecule has 2 aromatic carbocycles. The Bertz CT molecular complexity index is 1460. The second-order valence-corrected chi connectivity index (χ2v) is 8.88. The number of aryl methyl sites for hydroxylation is 1. The lowest BCUT2D eigenvalue weighted by atomic mass is 10.0. The summed E-state index contributed by atoms with van der Waals surface area (Å²) in [7, 11) is 0. The Balaban J connectivity index is 0.00000420. The number of nitrogens with two attached hydrogens (primary N) is 2. The van der Waals surface area contributed by atoms with Gasteiger partial charge in [-0.3, -0.25) is 4.79 Å². The topological polar surface area (TPSA) is 142 Å². The van der Waals surface area contributed by atoms with Crippen LogP contribution in [0.3, 0.4) is 0 Å². The number of nitrogen functional groups attached to an aromatic ring is 1. The molecule has 2 heterocycles. The molecule has 0 aliphatic heterocycles. The maximum atomic E-state index is 14.3. The summed E-state index contributed by atoms with van der Waals surface area (Å²) in [5, 5.41) is 13.4. The number of ether oxygens (including phenoxy) is 1. The van der Waals surface area contributed by atoms with Gasteiger partial charge < -0.3 is 21.3 Å². The number of halogens is 5. The minimum Gasteiger partial charge on any atom is -0.480 e. The lowest BCUT2D eigenvalue weighted by molar-refractivity contribution is -0.198. The number of carboxylic acid groups (broad SMARTS) is 1. The molecule has 0 unspecified atom stereocenters. The monoisotopic (exact) mass is 582 g/mol. The Morgan fingerprint density at radius 3 is 2.41 bits per heavy atom. The van der Waals surface area contributed by atoms with Crippen molar-refractivity contribution in [2.24, 2.45) is 5.73 Å². The standard InChI is InChI=1S/C25H22ClF3N6O3.ClH/c1-13-8-9-35(34-13)20-11-16(26)6-7-17(20)22(25(27,28)29)38-21-12-19(32-24(31)33-21)15-4-2-14(3-5-15)10-18(30)23(36)37;/h2-9,11-12,18,22H,10,30H2,1H3,(H,36,37)(H2,31,32,33);1H/t18-,22+;/m0./s1. The Labute approximate surface area is 232 Å². The van der Waals surface area contributed by atoms with Gasteiger partial charge in [0.25, 0.3) is 0 Å². The summed E-state index contributed by atoms with van der Waals surface area (Å²) in [5.41, 5.74) is 13.2. The second kappa shape index (κ2) is 11.9. The van der Waals surface area contributed by atoms with Crippen molar-refractivity contribution in [2.45, 2.75) is 31.7 Å². The molecule has 206 valence electrons. The normalized spacial score (nSPS) is 12.9. The largest absolute Gasteiger partial charge is 0.480 e. The van der Waals surface area contributed by atoms with Crippen molar-refractivity contribution in [1.82, 2.24) is 19.7 Å². The Morgan fingerprint density at radius 2 is 1.82 bits per heavy atom. The van der Waals surface area contributed by atoms with Gasteiger partial charge in [-0.1, -0.05) is 41.9 Å².